The molecule has 1 saturated carbocycles. The monoisotopic (exact) mass is 302 g/mol. The Morgan fingerprint density at radius 1 is 1.40 bits per heavy atom. The first-order valence-electron chi connectivity index (χ1n) is 6.95. The highest BCUT2D eigenvalue weighted by atomic mass is 32.2. The molecule has 1 heterocycles. The maximum atomic E-state index is 12.0. The van der Waals surface area contributed by atoms with Gasteiger partial charge >= 0.3 is 0 Å². The third kappa shape index (κ3) is 4.04. The van der Waals surface area contributed by atoms with Crippen molar-refractivity contribution in [1.29, 1.82) is 0 Å². The lowest BCUT2D eigenvalue weighted by Gasteiger charge is -2.35. The quantitative estimate of drug-likeness (QED) is 0.827. The fraction of sp³-hybridized carbons (Fsp3) is 0.769. The first kappa shape index (κ1) is 15.5. The van der Waals surface area contributed by atoms with Crippen LogP contribution in [-0.4, -0.2) is 31.8 Å². The van der Waals surface area contributed by atoms with E-state index in [2.05, 4.69) is 9.88 Å². The summed E-state index contributed by atoms with van der Waals surface area (Å²) < 4.78 is 31.5. The lowest BCUT2D eigenvalue weighted by molar-refractivity contribution is 0.0867. The number of nitrogens with one attached hydrogen (secondary N) is 1. The molecule has 20 heavy (non-hydrogen) atoms. The van der Waals surface area contributed by atoms with Crippen molar-refractivity contribution in [2.24, 2.45) is 5.41 Å². The van der Waals surface area contributed by atoms with Gasteiger partial charge in [0, 0.05) is 24.6 Å². The number of hydrogen-bond acceptors (Lipinski definition) is 5. The van der Waals surface area contributed by atoms with Crippen LogP contribution in [-0.2, 0) is 15.8 Å². The molecule has 1 aliphatic rings. The number of sulfonamides is 1. The molecule has 0 saturated heterocycles. The van der Waals surface area contributed by atoms with Crippen LogP contribution in [0.1, 0.15) is 43.6 Å². The first-order chi connectivity index (χ1) is 9.45. The minimum atomic E-state index is -3.45. The smallest absolute Gasteiger partial charge is 0.217 e. The number of aryl methyl sites for hydroxylation is 1. The van der Waals surface area contributed by atoms with Crippen molar-refractivity contribution in [1.82, 2.24) is 9.88 Å². The second kappa shape index (κ2) is 6.24. The Hall–Kier alpha value is -0.920. The van der Waals surface area contributed by atoms with Crippen LogP contribution in [0.15, 0.2) is 10.6 Å². The summed E-state index contributed by atoms with van der Waals surface area (Å²) in [7, 11) is -3.45. The highest BCUT2D eigenvalue weighted by Crippen LogP contribution is 2.35. The summed E-state index contributed by atoms with van der Waals surface area (Å²) in [5.41, 5.74) is 0.0992. The zero-order valence-corrected chi connectivity index (χ0v) is 12.6. The van der Waals surface area contributed by atoms with E-state index in [1.54, 1.807) is 13.0 Å². The molecule has 1 aromatic heterocycles. The second-order valence-electron chi connectivity index (χ2n) is 5.73. The molecular weight excluding hydrogens is 280 g/mol. The Balaban J connectivity index is 1.94. The molecule has 6 nitrogen and oxygen atoms in total. The molecule has 1 fully saturated rings. The molecule has 2 rings (SSSR count). The molecule has 0 amide bonds. The van der Waals surface area contributed by atoms with Crippen molar-refractivity contribution in [2.75, 3.05) is 13.2 Å². The van der Waals surface area contributed by atoms with E-state index < -0.39 is 10.0 Å². The van der Waals surface area contributed by atoms with E-state index >= 15 is 0 Å². The Morgan fingerprint density at radius 2 is 2.10 bits per heavy atom. The van der Waals surface area contributed by atoms with E-state index in [9.17, 15) is 13.5 Å². The molecule has 0 aromatic carbocycles. The summed E-state index contributed by atoms with van der Waals surface area (Å²) >= 11 is 0. The number of aliphatic hydroxyl groups is 1. The van der Waals surface area contributed by atoms with Crippen LogP contribution in [0.3, 0.4) is 0 Å². The Morgan fingerprint density at radius 3 is 2.65 bits per heavy atom. The number of aliphatic hydroxyl groups excluding tert-OH is 1. The van der Waals surface area contributed by atoms with Gasteiger partial charge in [0.1, 0.15) is 17.2 Å². The molecule has 0 atom stereocenters. The average molecular weight is 302 g/mol. The highest BCUT2D eigenvalue weighted by molar-refractivity contribution is 7.88. The van der Waals surface area contributed by atoms with Crippen LogP contribution in [0.2, 0.25) is 0 Å². The number of nitrogens with zero attached hydrogens (tertiary/aromatic N) is 1. The predicted molar refractivity (Wildman–Crippen MR) is 74.5 cm³/mol. The van der Waals surface area contributed by atoms with Crippen molar-refractivity contribution >= 4 is 10.0 Å². The minimum Gasteiger partial charge on any atom is -0.396 e. The molecule has 114 valence electrons. The largest absolute Gasteiger partial charge is 0.396 e. The fourth-order valence-electron chi connectivity index (χ4n) is 2.69. The molecule has 0 unspecified atom stereocenters. The van der Waals surface area contributed by atoms with Gasteiger partial charge in [-0.1, -0.05) is 24.4 Å². The Bertz CT molecular complexity index is 532. The zero-order valence-electron chi connectivity index (χ0n) is 11.8. The van der Waals surface area contributed by atoms with Gasteiger partial charge in [0.25, 0.3) is 0 Å². The van der Waals surface area contributed by atoms with Crippen LogP contribution >= 0.6 is 0 Å². The zero-order chi connectivity index (χ0) is 14.6. The Kier molecular flexibility index (Phi) is 4.82. The lowest BCUT2D eigenvalue weighted by atomic mass is 9.75. The van der Waals surface area contributed by atoms with Gasteiger partial charge in [0.2, 0.25) is 10.0 Å². The maximum Gasteiger partial charge on any atom is 0.217 e. The van der Waals surface area contributed by atoms with Crippen molar-refractivity contribution in [3.8, 4) is 0 Å². The second-order valence-corrected chi connectivity index (χ2v) is 7.53. The van der Waals surface area contributed by atoms with Crippen molar-refractivity contribution < 1.29 is 18.0 Å². The topological polar surface area (TPSA) is 92.4 Å². The third-order valence-corrected chi connectivity index (χ3v) is 5.19. The molecule has 0 radical (unpaired) electrons. The van der Waals surface area contributed by atoms with Crippen molar-refractivity contribution in [3.05, 3.63) is 17.5 Å². The van der Waals surface area contributed by atoms with Crippen molar-refractivity contribution in [3.63, 3.8) is 0 Å². The van der Waals surface area contributed by atoms with E-state index in [0.717, 1.165) is 32.1 Å². The van der Waals surface area contributed by atoms with E-state index in [0.29, 0.717) is 18.0 Å². The van der Waals surface area contributed by atoms with Crippen LogP contribution in [0.25, 0.3) is 0 Å². The normalized spacial score (nSPS) is 19.1. The summed E-state index contributed by atoms with van der Waals surface area (Å²) in [6, 6.07) is 1.61. The summed E-state index contributed by atoms with van der Waals surface area (Å²) in [4.78, 5) is 0. The molecule has 1 aromatic rings. The van der Waals surface area contributed by atoms with Gasteiger partial charge in [-0.15, -0.1) is 0 Å². The van der Waals surface area contributed by atoms with Gasteiger partial charge in [-0.25, -0.2) is 13.1 Å². The number of aromatic nitrogens is 1. The first-order valence-corrected chi connectivity index (χ1v) is 8.60. The van der Waals surface area contributed by atoms with Gasteiger partial charge < -0.3 is 9.63 Å². The van der Waals surface area contributed by atoms with Gasteiger partial charge in [0.05, 0.1) is 0 Å². The maximum absolute atomic E-state index is 12.0. The predicted octanol–water partition coefficient (Wildman–Crippen LogP) is 1.35. The minimum absolute atomic E-state index is 0.0264. The van der Waals surface area contributed by atoms with Crippen LogP contribution < -0.4 is 4.72 Å². The third-order valence-electron chi connectivity index (χ3n) is 3.93. The van der Waals surface area contributed by atoms with E-state index in [1.165, 1.54) is 0 Å². The van der Waals surface area contributed by atoms with Crippen LogP contribution in [0, 0.1) is 12.3 Å². The summed E-state index contributed by atoms with van der Waals surface area (Å²) in [6.07, 6.45) is 4.99. The van der Waals surface area contributed by atoms with E-state index in [4.69, 9.17) is 4.52 Å². The number of rotatable bonds is 6. The van der Waals surface area contributed by atoms with Gasteiger partial charge in [-0.2, -0.15) is 0 Å². The number of hydrogen-bond donors (Lipinski definition) is 2. The van der Waals surface area contributed by atoms with E-state index in [-0.39, 0.29) is 17.8 Å². The SMILES string of the molecule is Cc1cc(CS(=O)(=O)NCC2(CO)CCCCC2)no1. The van der Waals surface area contributed by atoms with Crippen LogP contribution in [0.5, 0.6) is 0 Å². The summed E-state index contributed by atoms with van der Waals surface area (Å²) in [5.74, 6) is 0.403. The van der Waals surface area contributed by atoms with Crippen LogP contribution in [0.4, 0.5) is 0 Å². The summed E-state index contributed by atoms with van der Waals surface area (Å²) in [6.45, 7) is 2.04. The average Bonchev–Trinajstić information content (AvgIpc) is 2.82. The molecular formula is C13H22N2O4S. The summed E-state index contributed by atoms with van der Waals surface area (Å²) in [5, 5.41) is 13.3. The van der Waals surface area contributed by atoms with Gasteiger partial charge in [-0.05, 0) is 19.8 Å². The highest BCUT2D eigenvalue weighted by Gasteiger charge is 2.32. The molecule has 1 aliphatic carbocycles. The molecule has 0 bridgehead atoms. The van der Waals surface area contributed by atoms with Crippen molar-refractivity contribution in [2.45, 2.75) is 44.8 Å². The van der Waals surface area contributed by atoms with Gasteiger partial charge in [-0.3, -0.25) is 0 Å². The van der Waals surface area contributed by atoms with E-state index in [1.807, 2.05) is 0 Å². The van der Waals surface area contributed by atoms with Gasteiger partial charge in [0.15, 0.2) is 0 Å². The molecule has 0 spiro atoms. The standard InChI is InChI=1S/C13H22N2O4S/c1-11-7-12(15-19-11)8-20(17,18)14-9-13(10-16)5-3-2-4-6-13/h7,14,16H,2-6,8-10H2,1H3. The molecule has 2 N–H and O–H groups in total. The lowest BCUT2D eigenvalue weighted by Crippen LogP contribution is -2.41. The molecule has 7 heteroatoms. The Labute approximate surface area is 119 Å². The fourth-order valence-corrected chi connectivity index (χ4v) is 3.84. The molecule has 0 aliphatic heterocycles.